The Hall–Kier alpha value is -0.973. The van der Waals surface area contributed by atoms with Crippen LogP contribution in [0.15, 0.2) is 48.6 Å². The van der Waals surface area contributed by atoms with E-state index in [0.29, 0.717) is 6.42 Å². The van der Waals surface area contributed by atoms with Gasteiger partial charge in [0.15, 0.2) is 0 Å². The zero-order chi connectivity index (χ0) is 16.3. The minimum Gasteiger partial charge on any atom is -0.550 e. The first-order chi connectivity index (χ1) is 10.8. The van der Waals surface area contributed by atoms with Crippen LogP contribution >= 0.6 is 0 Å². The van der Waals surface area contributed by atoms with Crippen molar-refractivity contribution in [1.82, 2.24) is 0 Å². The molecule has 0 bridgehead atoms. The summed E-state index contributed by atoms with van der Waals surface area (Å²) in [6, 6.07) is 0. The van der Waals surface area contributed by atoms with Gasteiger partial charge in [0, 0.05) is 5.97 Å². The third kappa shape index (κ3) is 23.4. The van der Waals surface area contributed by atoms with Crippen LogP contribution in [0.5, 0.6) is 0 Å². The molecule has 0 N–H and O–H groups in total. The van der Waals surface area contributed by atoms with Crippen molar-refractivity contribution in [2.75, 3.05) is 0 Å². The number of carbonyl (C=O) groups excluding carboxylic acids is 1. The van der Waals surface area contributed by atoms with Gasteiger partial charge in [-0.15, -0.1) is 0 Å². The van der Waals surface area contributed by atoms with Crippen LogP contribution in [0.1, 0.15) is 71.1 Å². The molecule has 0 aliphatic rings. The Labute approximate surface area is 154 Å². The summed E-state index contributed by atoms with van der Waals surface area (Å²) in [5.41, 5.74) is 0. The number of carboxylic acids is 1. The molecule has 23 heavy (non-hydrogen) atoms. The molecule has 0 aromatic heterocycles. The van der Waals surface area contributed by atoms with E-state index in [1.54, 1.807) is 0 Å². The van der Waals surface area contributed by atoms with E-state index in [1.807, 2.05) is 6.08 Å². The van der Waals surface area contributed by atoms with E-state index in [-0.39, 0.29) is 25.3 Å². The molecule has 0 saturated carbocycles. The molecule has 0 aromatic carbocycles. The third-order valence-corrected chi connectivity index (χ3v) is 3.21. The van der Waals surface area contributed by atoms with E-state index in [1.165, 1.54) is 25.7 Å². The predicted molar refractivity (Wildman–Crippen MR) is 93.4 cm³/mol. The van der Waals surface area contributed by atoms with E-state index in [9.17, 15) is 9.90 Å². The topological polar surface area (TPSA) is 40.1 Å². The normalized spacial score (nSPS) is 11.9. The van der Waals surface area contributed by atoms with Crippen molar-refractivity contribution in [3.63, 3.8) is 0 Å². The summed E-state index contributed by atoms with van der Waals surface area (Å²) in [6.45, 7) is 2.23. The summed E-state index contributed by atoms with van der Waals surface area (Å²) in [6.07, 6.45) is 27.0. The fraction of sp³-hybridized carbons (Fsp3) is 0.550. The van der Waals surface area contributed by atoms with Crippen LogP contribution in [0.25, 0.3) is 0 Å². The van der Waals surface area contributed by atoms with Crippen molar-refractivity contribution in [3.05, 3.63) is 48.6 Å². The number of carboxylic acid groups (broad SMARTS) is 1. The van der Waals surface area contributed by atoms with E-state index in [2.05, 4.69) is 49.5 Å². The maximum absolute atomic E-state index is 10.2. The van der Waals surface area contributed by atoms with Crippen molar-refractivity contribution in [2.24, 2.45) is 0 Å². The van der Waals surface area contributed by atoms with Crippen molar-refractivity contribution >= 4 is 5.97 Å². The Balaban J connectivity index is 0. The van der Waals surface area contributed by atoms with Crippen LogP contribution in [0.2, 0.25) is 0 Å². The molecular weight excluding hydrogens is 279 g/mol. The average Bonchev–Trinajstić information content (AvgIpc) is 2.50. The molecule has 3 heteroatoms. The number of allylic oxidation sites excluding steroid dienone is 8. The van der Waals surface area contributed by atoms with Crippen LogP contribution in [0.3, 0.4) is 0 Å². The van der Waals surface area contributed by atoms with Crippen LogP contribution in [-0.2, 0) is 4.79 Å². The average molecular weight is 310 g/mol. The van der Waals surface area contributed by atoms with Crippen LogP contribution in [0.4, 0.5) is 0 Å². The molecule has 0 unspecified atom stereocenters. The van der Waals surface area contributed by atoms with E-state index < -0.39 is 5.97 Å². The van der Waals surface area contributed by atoms with E-state index in [0.717, 1.165) is 25.7 Å². The van der Waals surface area contributed by atoms with Crippen LogP contribution in [0, 0.1) is 0 Å². The number of carbonyl (C=O) groups is 1. The minimum atomic E-state index is -0.962. The van der Waals surface area contributed by atoms with Gasteiger partial charge >= 0.3 is 18.9 Å². The number of unbranched alkanes of at least 4 members (excludes halogenated alkanes) is 4. The Morgan fingerprint density at radius 1 is 0.739 bits per heavy atom. The fourth-order valence-corrected chi connectivity index (χ4v) is 1.93. The molecule has 0 fully saturated rings. The Morgan fingerprint density at radius 2 is 1.17 bits per heavy atom. The van der Waals surface area contributed by atoms with Gasteiger partial charge in [-0.3, -0.25) is 0 Å². The van der Waals surface area contributed by atoms with Gasteiger partial charge in [0.2, 0.25) is 0 Å². The van der Waals surface area contributed by atoms with Gasteiger partial charge in [-0.2, -0.15) is 0 Å². The maximum Gasteiger partial charge on any atom is 1.00 e. The number of aliphatic carboxylic acids is 1. The van der Waals surface area contributed by atoms with Gasteiger partial charge in [0.25, 0.3) is 0 Å². The van der Waals surface area contributed by atoms with Crippen molar-refractivity contribution in [3.8, 4) is 0 Å². The first-order valence-electron chi connectivity index (χ1n) is 8.57. The Bertz CT molecular complexity index is 368. The van der Waals surface area contributed by atoms with Crippen LogP contribution < -0.4 is 24.0 Å². The van der Waals surface area contributed by atoms with Gasteiger partial charge < -0.3 is 9.90 Å². The third-order valence-electron chi connectivity index (χ3n) is 3.21. The number of rotatable bonds is 14. The zero-order valence-electron chi connectivity index (χ0n) is 15.0. The molecule has 0 aromatic rings. The second-order valence-corrected chi connectivity index (χ2v) is 5.35. The molecule has 0 spiro atoms. The first kappa shape index (κ1) is 24.3. The molecule has 0 radical (unpaired) electrons. The fourth-order valence-electron chi connectivity index (χ4n) is 1.93. The minimum absolute atomic E-state index is 0. The SMILES string of the molecule is CCCCC/C=C\C/C=C\C/C=C\C/C=C\CCCC(=O)[O-].[Li+]. The number of hydrogen-bond donors (Lipinski definition) is 0. The summed E-state index contributed by atoms with van der Waals surface area (Å²) >= 11 is 0. The van der Waals surface area contributed by atoms with Crippen molar-refractivity contribution < 1.29 is 28.8 Å². The molecule has 0 rings (SSSR count). The molecule has 0 heterocycles. The molecule has 0 aliphatic heterocycles. The van der Waals surface area contributed by atoms with Gasteiger partial charge in [0.1, 0.15) is 0 Å². The largest absolute Gasteiger partial charge is 1.00 e. The Kier molecular flexibility index (Phi) is 22.2. The summed E-state index contributed by atoms with van der Waals surface area (Å²) in [4.78, 5) is 10.2. The Morgan fingerprint density at radius 3 is 1.61 bits per heavy atom. The summed E-state index contributed by atoms with van der Waals surface area (Å²) in [7, 11) is 0. The van der Waals surface area contributed by atoms with Gasteiger partial charge in [-0.25, -0.2) is 0 Å². The second-order valence-electron chi connectivity index (χ2n) is 5.35. The molecule has 0 aliphatic carbocycles. The first-order valence-corrected chi connectivity index (χ1v) is 8.57. The van der Waals surface area contributed by atoms with E-state index >= 15 is 0 Å². The van der Waals surface area contributed by atoms with Gasteiger partial charge in [0.05, 0.1) is 0 Å². The van der Waals surface area contributed by atoms with Gasteiger partial charge in [-0.1, -0.05) is 68.4 Å². The summed E-state index contributed by atoms with van der Waals surface area (Å²) in [5, 5.41) is 10.2. The molecule has 2 nitrogen and oxygen atoms in total. The van der Waals surface area contributed by atoms with Crippen molar-refractivity contribution in [1.29, 1.82) is 0 Å². The zero-order valence-corrected chi connectivity index (χ0v) is 15.0. The summed E-state index contributed by atoms with van der Waals surface area (Å²) in [5.74, 6) is -0.962. The standard InChI is InChI=1S/C20H32O2.Li/c1-2-3-4-5-6-7-8-9-10-11-12-13-14-15-16-17-18-19-20(21)22;/h6-7,9-10,12-13,15-16H,2-5,8,11,14,17-19H2,1H3,(H,21,22);/q;+1/p-1/b7-6-,10-9-,13-12-,16-15-;. The smallest absolute Gasteiger partial charge is 0.550 e. The van der Waals surface area contributed by atoms with Gasteiger partial charge in [-0.05, 0) is 51.4 Å². The number of hydrogen-bond acceptors (Lipinski definition) is 2. The molecular formula is C20H31LiO2. The second kappa shape index (κ2) is 21.0. The summed E-state index contributed by atoms with van der Waals surface area (Å²) < 4.78 is 0. The van der Waals surface area contributed by atoms with E-state index in [4.69, 9.17) is 0 Å². The molecule has 124 valence electrons. The predicted octanol–water partition coefficient (Wildman–Crippen LogP) is 1.89. The monoisotopic (exact) mass is 310 g/mol. The maximum atomic E-state index is 10.2. The quantitative estimate of drug-likeness (QED) is 0.279. The van der Waals surface area contributed by atoms with Crippen LogP contribution in [-0.4, -0.2) is 5.97 Å². The van der Waals surface area contributed by atoms with Crippen molar-refractivity contribution in [2.45, 2.75) is 71.1 Å². The molecule has 0 amide bonds. The molecule has 0 saturated heterocycles. The molecule has 0 atom stereocenters.